The Bertz CT molecular complexity index is 874. The molecule has 0 unspecified atom stereocenters. The summed E-state index contributed by atoms with van der Waals surface area (Å²) in [5.41, 5.74) is 1.79. The van der Waals surface area contributed by atoms with Crippen molar-refractivity contribution in [1.82, 2.24) is 5.32 Å². The molecule has 1 aliphatic rings. The fourth-order valence-electron chi connectivity index (χ4n) is 4.05. The molecule has 0 radical (unpaired) electrons. The van der Waals surface area contributed by atoms with Crippen LogP contribution >= 0.6 is 0 Å². The first-order chi connectivity index (χ1) is 14.1. The smallest absolute Gasteiger partial charge is 0.251 e. The maximum Gasteiger partial charge on any atom is 0.251 e. The van der Waals surface area contributed by atoms with Gasteiger partial charge in [0.1, 0.15) is 5.82 Å². The molecule has 1 aliphatic carbocycles. The van der Waals surface area contributed by atoms with Crippen molar-refractivity contribution < 1.29 is 14.3 Å². The van der Waals surface area contributed by atoms with E-state index in [4.69, 9.17) is 0 Å². The van der Waals surface area contributed by atoms with Crippen molar-refractivity contribution in [2.75, 3.05) is 13.2 Å². The van der Waals surface area contributed by atoms with Crippen LogP contribution in [-0.4, -0.2) is 24.2 Å². The summed E-state index contributed by atoms with van der Waals surface area (Å²) in [6.45, 7) is 0.853. The van der Waals surface area contributed by atoms with Gasteiger partial charge in [-0.2, -0.15) is 0 Å². The lowest BCUT2D eigenvalue weighted by atomic mass is 9.71. The van der Waals surface area contributed by atoms with Crippen LogP contribution < -0.4 is 5.32 Å². The van der Waals surface area contributed by atoms with E-state index in [0.29, 0.717) is 17.7 Å². The summed E-state index contributed by atoms with van der Waals surface area (Å²) in [6.07, 6.45) is 7.59. The number of hydrogen-bond donors (Lipinski definition) is 2. The van der Waals surface area contributed by atoms with Crippen LogP contribution in [0.3, 0.4) is 0 Å². The van der Waals surface area contributed by atoms with E-state index in [9.17, 15) is 14.3 Å². The molecule has 0 bridgehead atoms. The van der Waals surface area contributed by atoms with E-state index < -0.39 is 0 Å². The number of benzene rings is 2. The van der Waals surface area contributed by atoms with Gasteiger partial charge in [-0.3, -0.25) is 4.79 Å². The predicted octanol–water partition coefficient (Wildman–Crippen LogP) is 4.68. The van der Waals surface area contributed by atoms with Crippen molar-refractivity contribution in [2.45, 2.75) is 44.9 Å². The first-order valence-electron chi connectivity index (χ1n) is 10.4. The normalized spacial score (nSPS) is 15.2. The second-order valence-corrected chi connectivity index (χ2v) is 7.88. The van der Waals surface area contributed by atoms with Gasteiger partial charge in [0.15, 0.2) is 0 Å². The topological polar surface area (TPSA) is 49.3 Å². The first kappa shape index (κ1) is 21.1. The van der Waals surface area contributed by atoms with E-state index in [0.717, 1.165) is 31.2 Å². The van der Waals surface area contributed by atoms with Gasteiger partial charge in [0.2, 0.25) is 0 Å². The Morgan fingerprint density at radius 2 is 1.76 bits per heavy atom. The van der Waals surface area contributed by atoms with Crippen LogP contribution in [0.2, 0.25) is 0 Å². The number of nitrogens with one attached hydrogen (secondary N) is 1. The van der Waals surface area contributed by atoms with Crippen molar-refractivity contribution in [3.05, 3.63) is 71.0 Å². The Labute approximate surface area is 172 Å². The van der Waals surface area contributed by atoms with Crippen LogP contribution in [0.1, 0.15) is 66.4 Å². The number of aliphatic hydroxyl groups excluding tert-OH is 1. The predicted molar refractivity (Wildman–Crippen MR) is 113 cm³/mol. The molecular weight excluding hydrogens is 365 g/mol. The van der Waals surface area contributed by atoms with Crippen LogP contribution in [0.25, 0.3) is 0 Å². The highest BCUT2D eigenvalue weighted by molar-refractivity contribution is 5.94. The zero-order valence-electron chi connectivity index (χ0n) is 16.7. The fraction of sp³-hybridized carbons (Fsp3) is 0.400. The molecule has 1 amide bonds. The third kappa shape index (κ3) is 5.92. The van der Waals surface area contributed by atoms with Gasteiger partial charge in [-0.05, 0) is 67.5 Å². The number of amides is 1. The Morgan fingerprint density at radius 3 is 2.45 bits per heavy atom. The standard InChI is InChI=1S/C25H28FNO2/c26-23-8-3-2-7-21(23)12-9-20-10-13-22(14-11-20)24(29)27-19-25(17-6-18-28)15-4-1-5-16-25/h2-3,7-8,10-11,13-14,28H,1,4-6,15-19H2,(H,27,29). The lowest BCUT2D eigenvalue weighted by Gasteiger charge is -2.37. The van der Waals surface area contributed by atoms with E-state index in [2.05, 4.69) is 17.2 Å². The highest BCUT2D eigenvalue weighted by atomic mass is 19.1. The molecular formula is C25H28FNO2. The van der Waals surface area contributed by atoms with Crippen LogP contribution in [0.15, 0.2) is 48.5 Å². The number of hydrogen-bond acceptors (Lipinski definition) is 2. The fourth-order valence-corrected chi connectivity index (χ4v) is 4.05. The van der Waals surface area contributed by atoms with Crippen molar-refractivity contribution >= 4 is 5.91 Å². The van der Waals surface area contributed by atoms with Crippen LogP contribution in [0, 0.1) is 23.1 Å². The second-order valence-electron chi connectivity index (χ2n) is 7.88. The number of aliphatic hydroxyl groups is 1. The van der Waals surface area contributed by atoms with E-state index in [-0.39, 0.29) is 23.7 Å². The largest absolute Gasteiger partial charge is 0.396 e. The van der Waals surface area contributed by atoms with E-state index >= 15 is 0 Å². The van der Waals surface area contributed by atoms with Gasteiger partial charge < -0.3 is 10.4 Å². The zero-order valence-corrected chi connectivity index (χ0v) is 16.7. The molecule has 29 heavy (non-hydrogen) atoms. The minimum atomic E-state index is -0.339. The lowest BCUT2D eigenvalue weighted by Crippen LogP contribution is -2.39. The molecule has 3 rings (SSSR count). The van der Waals surface area contributed by atoms with Crippen molar-refractivity contribution in [2.24, 2.45) is 5.41 Å². The van der Waals surface area contributed by atoms with Gasteiger partial charge >= 0.3 is 0 Å². The maximum absolute atomic E-state index is 13.6. The van der Waals surface area contributed by atoms with Crippen LogP contribution in [-0.2, 0) is 0 Å². The SMILES string of the molecule is O=C(NCC1(CCCO)CCCCC1)c1ccc(C#Cc2ccccc2F)cc1. The summed E-state index contributed by atoms with van der Waals surface area (Å²) in [5, 5.41) is 12.3. The minimum Gasteiger partial charge on any atom is -0.396 e. The molecule has 1 saturated carbocycles. The monoisotopic (exact) mass is 393 g/mol. The highest BCUT2D eigenvalue weighted by Gasteiger charge is 2.31. The first-order valence-corrected chi connectivity index (χ1v) is 10.4. The summed E-state index contributed by atoms with van der Waals surface area (Å²) in [5.74, 6) is 5.33. The van der Waals surface area contributed by atoms with Crippen LogP contribution in [0.5, 0.6) is 0 Å². The van der Waals surface area contributed by atoms with E-state index in [1.807, 2.05) is 0 Å². The Balaban J connectivity index is 1.61. The molecule has 152 valence electrons. The molecule has 0 aliphatic heterocycles. The quantitative estimate of drug-likeness (QED) is 0.700. The minimum absolute atomic E-state index is 0.0902. The Morgan fingerprint density at radius 1 is 1.03 bits per heavy atom. The average molecular weight is 394 g/mol. The molecule has 1 fully saturated rings. The molecule has 2 N–H and O–H groups in total. The van der Waals surface area contributed by atoms with Gasteiger partial charge in [-0.1, -0.05) is 43.2 Å². The summed E-state index contributed by atoms with van der Waals surface area (Å²) < 4.78 is 13.6. The zero-order chi connectivity index (χ0) is 20.5. The molecule has 0 aromatic heterocycles. The summed E-state index contributed by atoms with van der Waals surface area (Å²) in [4.78, 5) is 12.6. The third-order valence-electron chi connectivity index (χ3n) is 5.77. The van der Waals surface area contributed by atoms with Crippen molar-refractivity contribution in [3.8, 4) is 11.8 Å². The molecule has 0 atom stereocenters. The van der Waals surface area contributed by atoms with Crippen LogP contribution in [0.4, 0.5) is 4.39 Å². The number of carbonyl (C=O) groups is 1. The summed E-state index contributed by atoms with van der Waals surface area (Å²) >= 11 is 0. The van der Waals surface area contributed by atoms with Crippen molar-refractivity contribution in [3.63, 3.8) is 0 Å². The summed E-state index contributed by atoms with van der Waals surface area (Å²) in [7, 11) is 0. The molecule has 0 spiro atoms. The lowest BCUT2D eigenvalue weighted by molar-refractivity contribution is 0.0892. The Kier molecular flexibility index (Phi) is 7.43. The highest BCUT2D eigenvalue weighted by Crippen LogP contribution is 2.39. The average Bonchev–Trinajstić information content (AvgIpc) is 2.77. The van der Waals surface area contributed by atoms with Gasteiger partial charge in [-0.15, -0.1) is 0 Å². The molecule has 2 aromatic rings. The molecule has 3 nitrogen and oxygen atoms in total. The van der Waals surface area contributed by atoms with Gasteiger partial charge in [0, 0.05) is 24.3 Å². The number of carbonyl (C=O) groups excluding carboxylic acids is 1. The molecule has 4 heteroatoms. The van der Waals surface area contributed by atoms with E-state index in [1.165, 1.54) is 25.3 Å². The second kappa shape index (κ2) is 10.2. The molecule has 2 aromatic carbocycles. The van der Waals surface area contributed by atoms with E-state index in [1.54, 1.807) is 42.5 Å². The number of rotatable bonds is 6. The summed E-state index contributed by atoms with van der Waals surface area (Å²) in [6, 6.07) is 13.5. The maximum atomic E-state index is 13.6. The molecule has 0 heterocycles. The van der Waals surface area contributed by atoms with Gasteiger partial charge in [0.25, 0.3) is 5.91 Å². The van der Waals surface area contributed by atoms with Gasteiger partial charge in [-0.25, -0.2) is 4.39 Å². The van der Waals surface area contributed by atoms with Crippen molar-refractivity contribution in [1.29, 1.82) is 0 Å². The molecule has 0 saturated heterocycles. The Hall–Kier alpha value is -2.64. The number of halogens is 1. The van der Waals surface area contributed by atoms with Gasteiger partial charge in [0.05, 0.1) is 5.56 Å². The third-order valence-corrected chi connectivity index (χ3v) is 5.77.